The van der Waals surface area contributed by atoms with E-state index in [2.05, 4.69) is 20.4 Å². The molecule has 1 saturated heterocycles. The second-order valence-electron chi connectivity index (χ2n) is 12.3. The number of hydrogen-bond donors (Lipinski definition) is 2. The molecule has 7 rings (SSSR count). The lowest BCUT2D eigenvalue weighted by Crippen LogP contribution is -2.51. The van der Waals surface area contributed by atoms with Crippen LogP contribution in [-0.2, 0) is 35.4 Å². The molecule has 18 heteroatoms. The zero-order chi connectivity index (χ0) is 36.9. The average Bonchev–Trinajstić information content (AvgIpc) is 3.79. The number of benzene rings is 2. The summed E-state index contributed by atoms with van der Waals surface area (Å²) in [5.74, 6) is 0.737. The van der Waals surface area contributed by atoms with Gasteiger partial charge in [0.1, 0.15) is 18.6 Å². The van der Waals surface area contributed by atoms with Crippen LogP contribution in [0.25, 0.3) is 17.2 Å². The minimum atomic E-state index is -4.61. The van der Waals surface area contributed by atoms with Gasteiger partial charge in [-0.1, -0.05) is 30.7 Å². The zero-order valence-corrected chi connectivity index (χ0v) is 29.4. The Hall–Kier alpha value is -5.16. The number of fused-ring (bicyclic) bond motifs is 2. The normalized spacial score (nSPS) is 14.6. The number of rotatable bonds is 7. The van der Waals surface area contributed by atoms with Crippen molar-refractivity contribution in [3.63, 3.8) is 0 Å². The number of carbonyl (C=O) groups excluding carboxylic acids is 2. The Morgan fingerprint density at radius 1 is 1.04 bits per heavy atom. The van der Waals surface area contributed by atoms with Crippen LogP contribution in [0.1, 0.15) is 45.5 Å². The summed E-state index contributed by atoms with van der Waals surface area (Å²) in [7, 11) is 0. The second-order valence-corrected chi connectivity index (χ2v) is 13.7. The summed E-state index contributed by atoms with van der Waals surface area (Å²) in [6.45, 7) is 3.89. The third-order valence-corrected chi connectivity index (χ3v) is 10.4. The van der Waals surface area contributed by atoms with E-state index < -0.39 is 29.1 Å². The molecule has 0 bridgehead atoms. The lowest BCUT2D eigenvalue weighted by Gasteiger charge is -2.36. The number of hydrogen-bond acceptors (Lipinski definition) is 10. The highest BCUT2D eigenvalue weighted by atomic mass is 35.5. The summed E-state index contributed by atoms with van der Waals surface area (Å²) in [6.07, 6.45) is -3.11. The van der Waals surface area contributed by atoms with Crippen LogP contribution in [0, 0.1) is 6.92 Å². The molecule has 2 N–H and O–H groups in total. The summed E-state index contributed by atoms with van der Waals surface area (Å²) in [5, 5.41) is 17.3. The largest absolute Gasteiger partial charge is 0.504 e. The fourth-order valence-electron chi connectivity index (χ4n) is 6.40. The first-order chi connectivity index (χ1) is 24.8. The molecule has 270 valence electrons. The number of piperazine rings is 1. The fourth-order valence-corrected chi connectivity index (χ4v) is 7.72. The molecule has 0 spiro atoms. The van der Waals surface area contributed by atoms with Gasteiger partial charge in [-0.3, -0.25) is 14.4 Å². The molecule has 52 heavy (non-hydrogen) atoms. The number of thioether (sulfide) groups is 1. The van der Waals surface area contributed by atoms with Crippen LogP contribution in [0.3, 0.4) is 0 Å². The molecule has 0 radical (unpaired) electrons. The van der Waals surface area contributed by atoms with E-state index in [4.69, 9.17) is 16.6 Å². The van der Waals surface area contributed by atoms with E-state index in [0.717, 1.165) is 39.8 Å². The maximum atomic E-state index is 14.3. The van der Waals surface area contributed by atoms with Crippen LogP contribution < -0.4 is 15.8 Å². The molecule has 2 aliphatic rings. The minimum absolute atomic E-state index is 0.0149. The number of carbonyl (C=O) groups is 2. The molecular formula is C34H31ClF3N9O4S. The molecule has 2 aromatic carbocycles. The van der Waals surface area contributed by atoms with Crippen LogP contribution in [0.4, 0.5) is 24.5 Å². The monoisotopic (exact) mass is 753 g/mol. The standard InChI is InChI=1S/C34H31ClF3N9O4S/c1-3-25-28(44-8-10-45(11-9-44)31(50)27-29(49)18(2)39-17-40-27)32(51)47-33(42-30(43-47)19-4-5-20-15-52-16-21(20)12-19)46(25)14-26(48)41-24-7-6-22(13-23(24)35)34(36,37)38/h4-7,12-13,17,49H,3,8-11,14-16H2,1-2H3,(H,41,48). The van der Waals surface area contributed by atoms with E-state index in [1.54, 1.807) is 23.3 Å². The highest BCUT2D eigenvalue weighted by Gasteiger charge is 2.32. The molecule has 5 aromatic rings. The Morgan fingerprint density at radius 2 is 1.79 bits per heavy atom. The van der Waals surface area contributed by atoms with Crippen molar-refractivity contribution in [3.8, 4) is 17.1 Å². The Balaban J connectivity index is 1.25. The molecule has 5 heterocycles. The Kier molecular flexibility index (Phi) is 9.33. The van der Waals surface area contributed by atoms with Gasteiger partial charge in [-0.2, -0.15) is 34.4 Å². The van der Waals surface area contributed by atoms with Crippen LogP contribution in [0.15, 0.2) is 47.5 Å². The number of aryl methyl sites for hydroxylation is 1. The van der Waals surface area contributed by atoms with Crippen LogP contribution >= 0.6 is 23.4 Å². The number of aromatic hydroxyl groups is 1. The van der Waals surface area contributed by atoms with Gasteiger partial charge in [-0.15, -0.1) is 5.10 Å². The molecule has 0 aliphatic carbocycles. The summed E-state index contributed by atoms with van der Waals surface area (Å²) >= 11 is 7.93. The van der Waals surface area contributed by atoms with E-state index in [-0.39, 0.29) is 77.9 Å². The molecule has 0 saturated carbocycles. The number of nitrogens with zero attached hydrogens (tertiary/aromatic N) is 8. The first-order valence-corrected chi connectivity index (χ1v) is 17.8. The highest BCUT2D eigenvalue weighted by Crippen LogP contribution is 2.35. The van der Waals surface area contributed by atoms with Crippen LogP contribution in [0.2, 0.25) is 5.02 Å². The SMILES string of the molecule is CCc1c(N2CCN(C(=O)c3ncnc(C)c3O)CC2)c(=O)n2nc(-c3ccc4c(c3)CSC4)nc2n1CC(=O)Nc1ccc(C(F)(F)F)cc1Cl. The van der Waals surface area contributed by atoms with Gasteiger partial charge in [-0.05, 0) is 48.7 Å². The highest BCUT2D eigenvalue weighted by molar-refractivity contribution is 7.98. The van der Waals surface area contributed by atoms with Gasteiger partial charge in [0, 0.05) is 43.2 Å². The van der Waals surface area contributed by atoms with Crippen molar-refractivity contribution in [2.45, 2.75) is 44.5 Å². The topological polar surface area (TPSA) is 151 Å². The molecule has 3 aromatic heterocycles. The van der Waals surface area contributed by atoms with Gasteiger partial charge >= 0.3 is 6.18 Å². The van der Waals surface area contributed by atoms with E-state index >= 15 is 0 Å². The maximum Gasteiger partial charge on any atom is 0.416 e. The van der Waals surface area contributed by atoms with Gasteiger partial charge in [0.05, 0.1) is 27.7 Å². The third-order valence-electron chi connectivity index (χ3n) is 9.10. The van der Waals surface area contributed by atoms with E-state index in [1.807, 2.05) is 30.0 Å². The smallest absolute Gasteiger partial charge is 0.416 e. The van der Waals surface area contributed by atoms with Crippen molar-refractivity contribution in [1.29, 1.82) is 0 Å². The van der Waals surface area contributed by atoms with Crippen molar-refractivity contribution < 1.29 is 27.9 Å². The molecule has 0 unspecified atom stereocenters. The maximum absolute atomic E-state index is 14.3. The first-order valence-electron chi connectivity index (χ1n) is 16.3. The van der Waals surface area contributed by atoms with E-state index in [0.29, 0.717) is 17.7 Å². The van der Waals surface area contributed by atoms with E-state index in [9.17, 15) is 32.7 Å². The number of anilines is 2. The summed E-state index contributed by atoms with van der Waals surface area (Å²) in [5.41, 5.74) is 2.53. The van der Waals surface area contributed by atoms with Gasteiger partial charge in [0.2, 0.25) is 11.7 Å². The summed E-state index contributed by atoms with van der Waals surface area (Å²) < 4.78 is 42.4. The van der Waals surface area contributed by atoms with Crippen molar-refractivity contribution in [2.24, 2.45) is 0 Å². The van der Waals surface area contributed by atoms with Gasteiger partial charge < -0.3 is 24.8 Å². The Labute approximate surface area is 303 Å². The predicted molar refractivity (Wildman–Crippen MR) is 189 cm³/mol. The first kappa shape index (κ1) is 35.3. The molecule has 2 aliphatic heterocycles. The molecule has 13 nitrogen and oxygen atoms in total. The van der Waals surface area contributed by atoms with Gasteiger partial charge in [0.15, 0.2) is 17.3 Å². The number of halogens is 4. The van der Waals surface area contributed by atoms with Crippen molar-refractivity contribution in [2.75, 3.05) is 36.4 Å². The van der Waals surface area contributed by atoms with Crippen LogP contribution in [-0.4, -0.2) is 77.1 Å². The van der Waals surface area contributed by atoms with Crippen molar-refractivity contribution >= 4 is 52.3 Å². The predicted octanol–water partition coefficient (Wildman–Crippen LogP) is 4.94. The Morgan fingerprint density at radius 3 is 2.50 bits per heavy atom. The quantitative estimate of drug-likeness (QED) is 0.234. The number of aromatic nitrogens is 6. The molecular weight excluding hydrogens is 723 g/mol. The Bertz CT molecular complexity index is 2300. The fraction of sp³-hybridized carbons (Fsp3) is 0.324. The van der Waals surface area contributed by atoms with Crippen molar-refractivity contribution in [3.05, 3.63) is 91.9 Å². The third kappa shape index (κ3) is 6.53. The number of alkyl halides is 3. The van der Waals surface area contributed by atoms with E-state index in [1.165, 1.54) is 16.8 Å². The molecule has 1 fully saturated rings. The average molecular weight is 754 g/mol. The van der Waals surface area contributed by atoms with Gasteiger partial charge in [0.25, 0.3) is 11.5 Å². The van der Waals surface area contributed by atoms with Crippen molar-refractivity contribution in [1.82, 2.24) is 34.0 Å². The number of amides is 2. The molecule has 2 amide bonds. The zero-order valence-electron chi connectivity index (χ0n) is 27.9. The summed E-state index contributed by atoms with van der Waals surface area (Å²) in [6, 6.07) is 8.54. The second kappa shape index (κ2) is 13.8. The lowest BCUT2D eigenvalue weighted by atomic mass is 10.1. The lowest BCUT2D eigenvalue weighted by molar-refractivity contribution is -0.137. The minimum Gasteiger partial charge on any atom is -0.504 e. The van der Waals surface area contributed by atoms with Gasteiger partial charge in [-0.25, -0.2) is 9.97 Å². The summed E-state index contributed by atoms with van der Waals surface area (Å²) in [4.78, 5) is 57.1. The molecule has 0 atom stereocenters. The number of nitrogens with one attached hydrogen (secondary N) is 1. The van der Waals surface area contributed by atoms with Crippen LogP contribution in [0.5, 0.6) is 5.75 Å².